The van der Waals surface area contributed by atoms with E-state index < -0.39 is 0 Å². The first kappa shape index (κ1) is 27.8. The Morgan fingerprint density at radius 3 is 2.52 bits per heavy atom. The molecule has 1 aliphatic carbocycles. The van der Waals surface area contributed by atoms with Crippen molar-refractivity contribution in [2.45, 2.75) is 52.2 Å². The number of aryl methyl sites for hydroxylation is 1. The lowest BCUT2D eigenvalue weighted by atomic mass is 9.92. The standard InChI is InChI=1S/C11H12N4S.C11H10N2.2C2H6/c1-13-16-10-2-3-11(8(4-10)5-12)9-6-14-15-7-9;1-8-3-2-4-10-11(8)9(7-12)5-6-13-10;2*1-2/h2-3,6-7,10,13H,4H2,1H3,(H,14,15);2-6,9,13H,1H3;2*1-2H3. The molecule has 0 fully saturated rings. The highest BCUT2D eigenvalue weighted by Crippen LogP contribution is 2.32. The number of nitrogens with zero attached hydrogens (tertiary/aromatic N) is 3. The number of nitriles is 2. The molecule has 2 aromatic rings. The monoisotopic (exact) mass is 462 g/mol. The van der Waals surface area contributed by atoms with Gasteiger partial charge in [0, 0.05) is 28.3 Å². The van der Waals surface area contributed by atoms with Crippen LogP contribution in [-0.4, -0.2) is 22.5 Å². The van der Waals surface area contributed by atoms with E-state index in [2.05, 4.69) is 38.5 Å². The zero-order valence-electron chi connectivity index (χ0n) is 20.3. The lowest BCUT2D eigenvalue weighted by Crippen LogP contribution is -2.10. The van der Waals surface area contributed by atoms with Crippen LogP contribution < -0.4 is 10.0 Å². The fraction of sp³-hybridized carbons (Fsp3) is 0.346. The van der Waals surface area contributed by atoms with Crippen LogP contribution in [0, 0.1) is 29.6 Å². The molecule has 6 nitrogen and oxygen atoms in total. The van der Waals surface area contributed by atoms with Gasteiger partial charge in [-0.05, 0) is 55.4 Å². The molecule has 0 bridgehead atoms. The first-order chi connectivity index (χ1) is 16.2. The van der Waals surface area contributed by atoms with Gasteiger partial charge in [-0.3, -0.25) is 9.82 Å². The number of anilines is 1. The van der Waals surface area contributed by atoms with Crippen LogP contribution in [0.1, 0.15) is 56.7 Å². The van der Waals surface area contributed by atoms with Crippen molar-refractivity contribution >= 4 is 23.2 Å². The second-order valence-corrected chi connectivity index (χ2v) is 7.81. The Morgan fingerprint density at radius 2 is 1.91 bits per heavy atom. The van der Waals surface area contributed by atoms with E-state index in [1.807, 2.05) is 84.4 Å². The van der Waals surface area contributed by atoms with Crippen LogP contribution in [0.2, 0.25) is 0 Å². The summed E-state index contributed by atoms with van der Waals surface area (Å²) >= 11 is 1.63. The van der Waals surface area contributed by atoms with Crippen LogP contribution in [-0.2, 0) is 0 Å². The van der Waals surface area contributed by atoms with Crippen LogP contribution in [0.25, 0.3) is 5.57 Å². The number of fused-ring (bicyclic) bond motifs is 1. The maximum Gasteiger partial charge on any atom is 0.0954 e. The zero-order chi connectivity index (χ0) is 24.6. The van der Waals surface area contributed by atoms with E-state index in [1.54, 1.807) is 18.1 Å². The van der Waals surface area contributed by atoms with Gasteiger partial charge in [0.25, 0.3) is 0 Å². The third-order valence-corrected chi connectivity index (χ3v) is 5.59. The molecule has 2 atom stereocenters. The van der Waals surface area contributed by atoms with E-state index in [1.165, 1.54) is 5.56 Å². The number of rotatable bonds is 3. The summed E-state index contributed by atoms with van der Waals surface area (Å²) in [6.45, 7) is 10.0. The van der Waals surface area contributed by atoms with E-state index in [-0.39, 0.29) is 5.92 Å². The molecule has 2 unspecified atom stereocenters. The summed E-state index contributed by atoms with van der Waals surface area (Å²) in [5.74, 6) is -0.0996. The number of hydrogen-bond donors (Lipinski definition) is 3. The fourth-order valence-electron chi connectivity index (χ4n) is 3.35. The molecular formula is C26H34N6S. The third-order valence-electron chi connectivity index (χ3n) is 4.72. The van der Waals surface area contributed by atoms with Gasteiger partial charge in [0.1, 0.15) is 0 Å². The number of benzene rings is 1. The van der Waals surface area contributed by atoms with Gasteiger partial charge >= 0.3 is 0 Å². The number of hydrogen-bond acceptors (Lipinski definition) is 6. The van der Waals surface area contributed by atoms with Gasteiger partial charge in [0.15, 0.2) is 0 Å². The van der Waals surface area contributed by atoms with Crippen molar-refractivity contribution in [3.63, 3.8) is 0 Å². The second kappa shape index (κ2) is 15.5. The minimum atomic E-state index is -0.0996. The first-order valence-corrected chi connectivity index (χ1v) is 12.1. The summed E-state index contributed by atoms with van der Waals surface area (Å²) < 4.78 is 3.05. The number of aromatic amines is 1. The Morgan fingerprint density at radius 1 is 1.15 bits per heavy atom. The van der Waals surface area contributed by atoms with Gasteiger partial charge in [-0.2, -0.15) is 15.6 Å². The molecule has 0 saturated heterocycles. The molecule has 0 radical (unpaired) electrons. The molecule has 4 rings (SSSR count). The van der Waals surface area contributed by atoms with Crippen molar-refractivity contribution in [3.8, 4) is 12.1 Å². The van der Waals surface area contributed by atoms with Crippen LogP contribution in [0.15, 0.2) is 60.6 Å². The number of H-pyrrole nitrogens is 1. The van der Waals surface area contributed by atoms with Crippen LogP contribution in [0.3, 0.4) is 0 Å². The van der Waals surface area contributed by atoms with Crippen molar-refractivity contribution in [2.24, 2.45) is 0 Å². The zero-order valence-corrected chi connectivity index (χ0v) is 21.1. The molecule has 174 valence electrons. The Balaban J connectivity index is 0.000000291. The molecule has 0 spiro atoms. The predicted molar refractivity (Wildman–Crippen MR) is 140 cm³/mol. The minimum Gasteiger partial charge on any atom is -0.362 e. The SMILES string of the molecule is CC.CC.CNSC1C=CC(c2cn[nH]c2)=C(C#N)C1.Cc1cccc2c1C(C#N)C=CN2. The Labute approximate surface area is 202 Å². The maximum atomic E-state index is 9.14. The second-order valence-electron chi connectivity index (χ2n) is 6.56. The highest BCUT2D eigenvalue weighted by atomic mass is 32.2. The minimum absolute atomic E-state index is 0.0996. The average Bonchev–Trinajstić information content (AvgIpc) is 3.42. The number of aromatic nitrogens is 2. The average molecular weight is 463 g/mol. The van der Waals surface area contributed by atoms with Crippen molar-refractivity contribution in [3.05, 3.63) is 77.3 Å². The van der Waals surface area contributed by atoms with Crippen LogP contribution in [0.4, 0.5) is 5.69 Å². The Kier molecular flexibility index (Phi) is 13.1. The molecule has 2 heterocycles. The van der Waals surface area contributed by atoms with Gasteiger partial charge in [0.05, 0.1) is 24.3 Å². The summed E-state index contributed by atoms with van der Waals surface area (Å²) in [6.07, 6.45) is 12.1. The summed E-state index contributed by atoms with van der Waals surface area (Å²) in [6, 6.07) is 10.6. The van der Waals surface area contributed by atoms with Crippen LogP contribution >= 0.6 is 11.9 Å². The molecule has 0 saturated carbocycles. The van der Waals surface area contributed by atoms with E-state index in [0.717, 1.165) is 34.4 Å². The quantitative estimate of drug-likeness (QED) is 0.452. The van der Waals surface area contributed by atoms with Gasteiger partial charge in [-0.15, -0.1) is 0 Å². The summed E-state index contributed by atoms with van der Waals surface area (Å²) in [4.78, 5) is 0. The maximum absolute atomic E-state index is 9.14. The Bertz CT molecular complexity index is 1020. The normalized spacial score (nSPS) is 17.3. The van der Waals surface area contributed by atoms with Crippen molar-refractivity contribution < 1.29 is 0 Å². The van der Waals surface area contributed by atoms with Gasteiger partial charge in [-0.25, -0.2) is 0 Å². The molecule has 0 amide bonds. The predicted octanol–water partition coefficient (Wildman–Crippen LogP) is 6.48. The molecule has 1 aliphatic heterocycles. The summed E-state index contributed by atoms with van der Waals surface area (Å²) in [5, 5.41) is 28.2. The molecule has 3 N–H and O–H groups in total. The van der Waals surface area contributed by atoms with Gasteiger partial charge in [-0.1, -0.05) is 63.9 Å². The van der Waals surface area contributed by atoms with E-state index in [0.29, 0.717) is 5.25 Å². The number of allylic oxidation sites excluding steroid dienone is 4. The van der Waals surface area contributed by atoms with E-state index in [9.17, 15) is 0 Å². The van der Waals surface area contributed by atoms with Crippen molar-refractivity contribution in [1.29, 1.82) is 10.5 Å². The summed E-state index contributed by atoms with van der Waals surface area (Å²) in [5.41, 5.74) is 6.09. The van der Waals surface area contributed by atoms with Crippen molar-refractivity contribution in [2.75, 3.05) is 12.4 Å². The molecular weight excluding hydrogens is 428 g/mol. The van der Waals surface area contributed by atoms with Gasteiger partial charge in [0.2, 0.25) is 0 Å². The first-order valence-electron chi connectivity index (χ1n) is 11.2. The highest BCUT2D eigenvalue weighted by Gasteiger charge is 2.18. The van der Waals surface area contributed by atoms with Crippen molar-refractivity contribution in [1.82, 2.24) is 14.9 Å². The smallest absolute Gasteiger partial charge is 0.0954 e. The molecule has 33 heavy (non-hydrogen) atoms. The lowest BCUT2D eigenvalue weighted by molar-refractivity contribution is 1.01. The summed E-state index contributed by atoms with van der Waals surface area (Å²) in [7, 11) is 1.89. The largest absolute Gasteiger partial charge is 0.362 e. The third kappa shape index (κ3) is 7.68. The fourth-order valence-corrected chi connectivity index (χ4v) is 4.06. The molecule has 2 aliphatic rings. The van der Waals surface area contributed by atoms with E-state index in [4.69, 9.17) is 10.5 Å². The van der Waals surface area contributed by atoms with E-state index >= 15 is 0 Å². The van der Waals surface area contributed by atoms with Gasteiger partial charge < -0.3 is 5.32 Å². The topological polar surface area (TPSA) is 100 Å². The highest BCUT2D eigenvalue weighted by molar-refractivity contribution is 7.98. The lowest BCUT2D eigenvalue weighted by Gasteiger charge is -2.18. The van der Waals surface area contributed by atoms with Crippen LogP contribution in [0.5, 0.6) is 0 Å². The molecule has 1 aromatic carbocycles. The molecule has 7 heteroatoms. The number of nitrogens with one attached hydrogen (secondary N) is 3. The Hall–Kier alpha value is -3.26. The molecule has 1 aromatic heterocycles.